The van der Waals surface area contributed by atoms with E-state index in [1.807, 2.05) is 35.2 Å². The molecule has 2 aliphatic heterocycles. The summed E-state index contributed by atoms with van der Waals surface area (Å²) in [6.45, 7) is 7.17. The number of nitrogens with zero attached hydrogens (tertiary/aromatic N) is 3. The number of nitrogens with one attached hydrogen (secondary N) is 1. The number of hydrogen-bond acceptors (Lipinski definition) is 3. The number of anilines is 1. The van der Waals surface area contributed by atoms with Crippen molar-refractivity contribution in [1.82, 2.24) is 14.7 Å². The van der Waals surface area contributed by atoms with Crippen molar-refractivity contribution in [2.75, 3.05) is 45.1 Å². The fraction of sp³-hybridized carbons (Fsp3) is 0.458. The molecule has 29 heavy (non-hydrogen) atoms. The van der Waals surface area contributed by atoms with Crippen LogP contribution in [-0.2, 0) is 0 Å². The Bertz CT molecular complexity index is 799. The van der Waals surface area contributed by atoms with Gasteiger partial charge < -0.3 is 15.1 Å². The highest BCUT2D eigenvalue weighted by molar-refractivity contribution is 5.89. The van der Waals surface area contributed by atoms with Crippen LogP contribution in [0.4, 0.5) is 10.5 Å². The van der Waals surface area contributed by atoms with E-state index in [2.05, 4.69) is 53.4 Å². The second-order valence-corrected chi connectivity index (χ2v) is 8.44. The molecule has 2 fully saturated rings. The normalized spacial score (nSPS) is 21.9. The Morgan fingerprint density at radius 1 is 0.897 bits per heavy atom. The molecule has 0 saturated carbocycles. The van der Waals surface area contributed by atoms with Gasteiger partial charge in [-0.3, -0.25) is 4.90 Å². The number of benzene rings is 2. The van der Waals surface area contributed by atoms with Crippen LogP contribution in [0, 0.1) is 0 Å². The summed E-state index contributed by atoms with van der Waals surface area (Å²) in [5, 5.41) is 3.07. The quantitative estimate of drug-likeness (QED) is 0.859. The molecule has 2 amide bonds. The van der Waals surface area contributed by atoms with Crippen LogP contribution in [0.5, 0.6) is 0 Å². The van der Waals surface area contributed by atoms with Gasteiger partial charge in [0.2, 0.25) is 0 Å². The number of rotatable bonds is 3. The maximum atomic E-state index is 12.8. The molecule has 5 heteroatoms. The molecule has 154 valence electrons. The summed E-state index contributed by atoms with van der Waals surface area (Å²) < 4.78 is 0. The van der Waals surface area contributed by atoms with E-state index in [0.29, 0.717) is 12.1 Å². The minimum Gasteiger partial charge on any atom is -0.322 e. The summed E-state index contributed by atoms with van der Waals surface area (Å²) in [4.78, 5) is 19.8. The summed E-state index contributed by atoms with van der Waals surface area (Å²) in [7, 11) is 2.20. The van der Waals surface area contributed by atoms with Crippen LogP contribution in [0.2, 0.25) is 0 Å². The molecule has 2 heterocycles. The van der Waals surface area contributed by atoms with Gasteiger partial charge in [0, 0.05) is 37.4 Å². The fourth-order valence-electron chi connectivity index (χ4n) is 4.60. The maximum absolute atomic E-state index is 12.8. The van der Waals surface area contributed by atoms with E-state index in [4.69, 9.17) is 0 Å². The topological polar surface area (TPSA) is 38.8 Å². The number of likely N-dealkylation sites (tertiary alicyclic amines) is 1. The summed E-state index contributed by atoms with van der Waals surface area (Å²) in [5.74, 6) is 0. The molecule has 4 rings (SSSR count). The Hall–Kier alpha value is -2.37. The van der Waals surface area contributed by atoms with Gasteiger partial charge in [-0.15, -0.1) is 0 Å². The zero-order valence-electron chi connectivity index (χ0n) is 17.6. The first-order valence-electron chi connectivity index (χ1n) is 10.8. The van der Waals surface area contributed by atoms with Gasteiger partial charge in [-0.1, -0.05) is 42.5 Å². The molecule has 2 saturated heterocycles. The molecule has 2 aromatic rings. The number of hydrogen-bond donors (Lipinski definition) is 1. The fourth-order valence-corrected chi connectivity index (χ4v) is 4.60. The van der Waals surface area contributed by atoms with Crippen LogP contribution in [0.1, 0.15) is 19.8 Å². The molecule has 1 atom stereocenters. The third-order valence-corrected chi connectivity index (χ3v) is 6.37. The second kappa shape index (κ2) is 8.97. The predicted molar refractivity (Wildman–Crippen MR) is 119 cm³/mol. The number of carbonyl (C=O) groups excluding carboxylic acids is 1. The molecular weight excluding hydrogens is 360 g/mol. The van der Waals surface area contributed by atoms with Gasteiger partial charge in [-0.05, 0) is 63.2 Å². The second-order valence-electron chi connectivity index (χ2n) is 8.44. The van der Waals surface area contributed by atoms with Gasteiger partial charge in [-0.2, -0.15) is 0 Å². The Morgan fingerprint density at radius 2 is 1.55 bits per heavy atom. The number of urea groups is 1. The van der Waals surface area contributed by atoms with E-state index < -0.39 is 0 Å². The van der Waals surface area contributed by atoms with E-state index in [-0.39, 0.29) is 6.03 Å². The van der Waals surface area contributed by atoms with E-state index in [1.54, 1.807) is 0 Å². The van der Waals surface area contributed by atoms with E-state index >= 15 is 0 Å². The monoisotopic (exact) mass is 392 g/mol. The molecule has 0 aromatic heterocycles. The third-order valence-electron chi connectivity index (χ3n) is 6.37. The first-order valence-corrected chi connectivity index (χ1v) is 10.8. The smallest absolute Gasteiger partial charge is 0.321 e. The number of piperidine rings is 1. The van der Waals surface area contributed by atoms with Crippen LogP contribution in [0.3, 0.4) is 0 Å². The molecule has 2 aliphatic rings. The van der Waals surface area contributed by atoms with Gasteiger partial charge in [-0.25, -0.2) is 4.79 Å². The highest BCUT2D eigenvalue weighted by Crippen LogP contribution is 2.23. The predicted octanol–water partition coefficient (Wildman–Crippen LogP) is 3.99. The lowest BCUT2D eigenvalue weighted by Gasteiger charge is -2.46. The molecule has 5 nitrogen and oxygen atoms in total. The molecule has 1 N–H and O–H groups in total. The highest BCUT2D eigenvalue weighted by atomic mass is 16.2. The molecule has 2 aromatic carbocycles. The lowest BCUT2D eigenvalue weighted by Crippen LogP contribution is -2.58. The van der Waals surface area contributed by atoms with Crippen molar-refractivity contribution in [3.63, 3.8) is 0 Å². The average molecular weight is 393 g/mol. The Balaban J connectivity index is 1.31. The SMILES string of the molecule is CC1CN(C(=O)Nc2ccc(-c3ccccc3)cc2)CCN1C1CCN(C)CC1. The average Bonchev–Trinajstić information content (AvgIpc) is 2.75. The maximum Gasteiger partial charge on any atom is 0.321 e. The van der Waals surface area contributed by atoms with Crippen LogP contribution in [0.15, 0.2) is 54.6 Å². The number of amides is 2. The van der Waals surface area contributed by atoms with Gasteiger partial charge in [0.1, 0.15) is 0 Å². The lowest BCUT2D eigenvalue weighted by molar-refractivity contribution is 0.0393. The Labute approximate surface area is 174 Å². The molecule has 0 radical (unpaired) electrons. The van der Waals surface area contributed by atoms with Crippen molar-refractivity contribution in [3.8, 4) is 11.1 Å². The Kier molecular flexibility index (Phi) is 6.16. The molecule has 1 unspecified atom stereocenters. The molecule has 0 spiro atoms. The summed E-state index contributed by atoms with van der Waals surface area (Å²) in [6.07, 6.45) is 2.47. The molecular formula is C24H32N4O. The molecule has 0 aliphatic carbocycles. The van der Waals surface area contributed by atoms with E-state index in [0.717, 1.165) is 30.9 Å². The van der Waals surface area contributed by atoms with Crippen LogP contribution >= 0.6 is 0 Å². The van der Waals surface area contributed by atoms with Gasteiger partial charge in [0.25, 0.3) is 0 Å². The standard InChI is InChI=1S/C24H32N4O/c1-19-18-27(16-17-28(19)23-12-14-26(2)15-13-23)24(29)25-22-10-8-21(9-11-22)20-6-4-3-5-7-20/h3-11,19,23H,12-18H2,1-2H3,(H,25,29). The summed E-state index contributed by atoms with van der Waals surface area (Å²) in [6, 6.07) is 19.5. The molecule has 0 bridgehead atoms. The van der Waals surface area contributed by atoms with Crippen molar-refractivity contribution in [1.29, 1.82) is 0 Å². The van der Waals surface area contributed by atoms with Crippen LogP contribution < -0.4 is 5.32 Å². The first-order chi connectivity index (χ1) is 14.1. The van der Waals surface area contributed by atoms with Crippen molar-refractivity contribution in [2.24, 2.45) is 0 Å². The first kappa shape index (κ1) is 19.9. The van der Waals surface area contributed by atoms with Crippen LogP contribution in [-0.4, -0.2) is 72.6 Å². The Morgan fingerprint density at radius 3 is 2.21 bits per heavy atom. The van der Waals surface area contributed by atoms with Gasteiger partial charge in [0.05, 0.1) is 0 Å². The van der Waals surface area contributed by atoms with Crippen molar-refractivity contribution < 1.29 is 4.79 Å². The van der Waals surface area contributed by atoms with E-state index in [1.165, 1.54) is 31.5 Å². The summed E-state index contributed by atoms with van der Waals surface area (Å²) >= 11 is 0. The third kappa shape index (κ3) is 4.80. The lowest BCUT2D eigenvalue weighted by atomic mass is 10.0. The zero-order chi connectivity index (χ0) is 20.2. The number of carbonyl (C=O) groups is 1. The minimum atomic E-state index is 0.00680. The largest absolute Gasteiger partial charge is 0.322 e. The van der Waals surface area contributed by atoms with Crippen molar-refractivity contribution >= 4 is 11.7 Å². The number of piperazine rings is 1. The van der Waals surface area contributed by atoms with E-state index in [9.17, 15) is 4.79 Å². The van der Waals surface area contributed by atoms with Gasteiger partial charge in [0.15, 0.2) is 0 Å². The van der Waals surface area contributed by atoms with Gasteiger partial charge >= 0.3 is 6.03 Å². The van der Waals surface area contributed by atoms with Crippen LogP contribution in [0.25, 0.3) is 11.1 Å². The summed E-state index contributed by atoms with van der Waals surface area (Å²) in [5.41, 5.74) is 3.19. The minimum absolute atomic E-state index is 0.00680. The zero-order valence-corrected chi connectivity index (χ0v) is 17.6. The highest BCUT2D eigenvalue weighted by Gasteiger charge is 2.32. The van der Waals surface area contributed by atoms with Crippen molar-refractivity contribution in [3.05, 3.63) is 54.6 Å². The van der Waals surface area contributed by atoms with Crippen molar-refractivity contribution in [2.45, 2.75) is 31.8 Å².